The molecule has 2 N–H and O–H groups in total. The minimum absolute atomic E-state index is 0.00144. The van der Waals surface area contributed by atoms with Crippen molar-refractivity contribution in [3.05, 3.63) is 18.0 Å². The number of hydrogen-bond acceptors (Lipinski definition) is 2. The van der Waals surface area contributed by atoms with Gasteiger partial charge in [-0.15, -0.1) is 0 Å². The Morgan fingerprint density at radius 3 is 2.44 bits per heavy atom. The summed E-state index contributed by atoms with van der Waals surface area (Å²) in [5, 5.41) is 4.20. The Bertz CT molecular complexity index is 355. The van der Waals surface area contributed by atoms with Crippen LogP contribution in [0.15, 0.2) is 12.4 Å². The normalized spacial score (nSPS) is 23.2. The number of aromatic nitrogens is 2. The molecule has 1 aliphatic rings. The Morgan fingerprint density at radius 1 is 1.31 bits per heavy atom. The van der Waals surface area contributed by atoms with Crippen LogP contribution < -0.4 is 5.73 Å². The second-order valence-electron chi connectivity index (χ2n) is 6.23. The molecule has 0 spiro atoms. The zero-order valence-corrected chi connectivity index (χ0v) is 10.7. The largest absolute Gasteiger partial charge is 0.325 e. The van der Waals surface area contributed by atoms with Gasteiger partial charge in [0.1, 0.15) is 0 Å². The Hall–Kier alpha value is -0.830. The lowest BCUT2D eigenvalue weighted by atomic mass is 9.68. The monoisotopic (exact) mass is 221 g/mol. The molecule has 0 atom stereocenters. The number of rotatable bonds is 2. The molecular formula is C13H23N3. The van der Waals surface area contributed by atoms with E-state index in [1.807, 2.05) is 17.9 Å². The minimum Gasteiger partial charge on any atom is -0.325 e. The fraction of sp³-hybridized carbons (Fsp3) is 0.769. The van der Waals surface area contributed by atoms with Crippen LogP contribution in [0.5, 0.6) is 0 Å². The van der Waals surface area contributed by atoms with E-state index >= 15 is 0 Å². The molecule has 1 fully saturated rings. The van der Waals surface area contributed by atoms with Gasteiger partial charge in [0, 0.05) is 18.8 Å². The first-order chi connectivity index (χ1) is 7.39. The van der Waals surface area contributed by atoms with E-state index in [9.17, 15) is 0 Å². The van der Waals surface area contributed by atoms with Crippen molar-refractivity contribution in [2.24, 2.45) is 18.2 Å². The van der Waals surface area contributed by atoms with Crippen molar-refractivity contribution in [3.63, 3.8) is 0 Å². The van der Waals surface area contributed by atoms with Gasteiger partial charge in [-0.25, -0.2) is 0 Å². The van der Waals surface area contributed by atoms with E-state index in [0.29, 0.717) is 5.41 Å². The summed E-state index contributed by atoms with van der Waals surface area (Å²) in [4.78, 5) is 0. The van der Waals surface area contributed by atoms with Gasteiger partial charge in [-0.05, 0) is 43.1 Å². The SMILES string of the molecule is Cn1cc(CC2(N)CCC(C)(C)CC2)cn1. The molecule has 0 aromatic carbocycles. The third-order valence-corrected chi connectivity index (χ3v) is 3.91. The van der Waals surface area contributed by atoms with Crippen LogP contribution in [0.4, 0.5) is 0 Å². The Balaban J connectivity index is 1.99. The van der Waals surface area contributed by atoms with Gasteiger partial charge in [-0.3, -0.25) is 4.68 Å². The standard InChI is InChI=1S/C13H23N3/c1-12(2)4-6-13(14,7-5-12)8-11-9-15-16(3)10-11/h9-10H,4-8,14H2,1-3H3. The second-order valence-corrected chi connectivity index (χ2v) is 6.23. The highest BCUT2D eigenvalue weighted by Gasteiger charge is 2.35. The lowest BCUT2D eigenvalue weighted by molar-refractivity contribution is 0.164. The van der Waals surface area contributed by atoms with E-state index in [4.69, 9.17) is 5.73 Å². The molecule has 3 heteroatoms. The molecule has 1 aliphatic carbocycles. The van der Waals surface area contributed by atoms with Crippen LogP contribution in [0.2, 0.25) is 0 Å². The zero-order valence-electron chi connectivity index (χ0n) is 10.7. The van der Waals surface area contributed by atoms with Crippen molar-refractivity contribution in [1.29, 1.82) is 0 Å². The van der Waals surface area contributed by atoms with Crippen molar-refractivity contribution < 1.29 is 0 Å². The predicted octanol–water partition coefficient (Wildman–Crippen LogP) is 2.26. The molecule has 3 nitrogen and oxygen atoms in total. The van der Waals surface area contributed by atoms with Gasteiger partial charge < -0.3 is 5.73 Å². The molecule has 1 aromatic heterocycles. The van der Waals surface area contributed by atoms with Gasteiger partial charge in [0.2, 0.25) is 0 Å². The van der Waals surface area contributed by atoms with Gasteiger partial charge in [0.25, 0.3) is 0 Å². The highest BCUT2D eigenvalue weighted by molar-refractivity contribution is 5.10. The molecule has 2 rings (SSSR count). The van der Waals surface area contributed by atoms with E-state index in [2.05, 4.69) is 25.1 Å². The summed E-state index contributed by atoms with van der Waals surface area (Å²) >= 11 is 0. The van der Waals surface area contributed by atoms with Crippen LogP contribution in [-0.4, -0.2) is 15.3 Å². The van der Waals surface area contributed by atoms with E-state index in [1.165, 1.54) is 18.4 Å². The van der Waals surface area contributed by atoms with Gasteiger partial charge in [-0.2, -0.15) is 5.10 Å². The molecule has 0 bridgehead atoms. The molecule has 0 unspecified atom stereocenters. The number of nitrogens with two attached hydrogens (primary N) is 1. The Morgan fingerprint density at radius 2 is 1.94 bits per heavy atom. The van der Waals surface area contributed by atoms with Crippen LogP contribution >= 0.6 is 0 Å². The molecule has 1 heterocycles. The zero-order chi connectivity index (χ0) is 11.8. The molecule has 0 aliphatic heterocycles. The fourth-order valence-electron chi connectivity index (χ4n) is 2.57. The number of aryl methyl sites for hydroxylation is 1. The van der Waals surface area contributed by atoms with Gasteiger partial charge in [0.15, 0.2) is 0 Å². The van der Waals surface area contributed by atoms with Gasteiger partial charge in [-0.1, -0.05) is 13.8 Å². The highest BCUT2D eigenvalue weighted by atomic mass is 15.2. The summed E-state index contributed by atoms with van der Waals surface area (Å²) in [6.45, 7) is 4.69. The van der Waals surface area contributed by atoms with Crippen LogP contribution in [0.1, 0.15) is 45.1 Å². The van der Waals surface area contributed by atoms with Gasteiger partial charge >= 0.3 is 0 Å². The van der Waals surface area contributed by atoms with E-state index in [0.717, 1.165) is 19.3 Å². The summed E-state index contributed by atoms with van der Waals surface area (Å²) in [5.41, 5.74) is 8.24. The Labute approximate surface area is 98.0 Å². The second kappa shape index (κ2) is 3.88. The van der Waals surface area contributed by atoms with Crippen LogP contribution in [0.25, 0.3) is 0 Å². The lowest BCUT2D eigenvalue weighted by Gasteiger charge is -2.41. The maximum Gasteiger partial charge on any atom is 0.0522 e. The van der Waals surface area contributed by atoms with E-state index in [1.54, 1.807) is 0 Å². The molecule has 1 saturated carbocycles. The smallest absolute Gasteiger partial charge is 0.0522 e. The third-order valence-electron chi connectivity index (χ3n) is 3.91. The van der Waals surface area contributed by atoms with E-state index < -0.39 is 0 Å². The van der Waals surface area contributed by atoms with Crippen molar-refractivity contribution in [3.8, 4) is 0 Å². The summed E-state index contributed by atoms with van der Waals surface area (Å²) in [7, 11) is 1.96. The maximum absolute atomic E-state index is 6.48. The third kappa shape index (κ3) is 2.64. The minimum atomic E-state index is -0.00144. The first kappa shape index (κ1) is 11.6. The summed E-state index contributed by atoms with van der Waals surface area (Å²) in [5.74, 6) is 0. The maximum atomic E-state index is 6.48. The molecule has 90 valence electrons. The predicted molar refractivity (Wildman–Crippen MR) is 66.1 cm³/mol. The number of hydrogen-bond donors (Lipinski definition) is 1. The lowest BCUT2D eigenvalue weighted by Crippen LogP contribution is -2.46. The average Bonchev–Trinajstić information content (AvgIpc) is 2.58. The molecule has 0 saturated heterocycles. The summed E-state index contributed by atoms with van der Waals surface area (Å²) in [6.07, 6.45) is 9.73. The first-order valence-electron chi connectivity index (χ1n) is 6.15. The number of nitrogens with zero attached hydrogens (tertiary/aromatic N) is 2. The van der Waals surface area contributed by atoms with Crippen LogP contribution in [0.3, 0.4) is 0 Å². The van der Waals surface area contributed by atoms with Gasteiger partial charge in [0.05, 0.1) is 6.20 Å². The average molecular weight is 221 g/mol. The quantitative estimate of drug-likeness (QED) is 0.832. The molecule has 0 radical (unpaired) electrons. The van der Waals surface area contributed by atoms with Crippen LogP contribution in [-0.2, 0) is 13.5 Å². The van der Waals surface area contributed by atoms with E-state index in [-0.39, 0.29) is 5.54 Å². The highest BCUT2D eigenvalue weighted by Crippen LogP contribution is 2.40. The first-order valence-corrected chi connectivity index (χ1v) is 6.15. The Kier molecular flexibility index (Phi) is 2.82. The van der Waals surface area contributed by atoms with Crippen molar-refractivity contribution >= 4 is 0 Å². The molecule has 1 aromatic rings. The molecule has 16 heavy (non-hydrogen) atoms. The van der Waals surface area contributed by atoms with Crippen molar-refractivity contribution in [1.82, 2.24) is 9.78 Å². The topological polar surface area (TPSA) is 43.8 Å². The molecular weight excluding hydrogens is 198 g/mol. The van der Waals surface area contributed by atoms with Crippen molar-refractivity contribution in [2.75, 3.05) is 0 Å². The summed E-state index contributed by atoms with van der Waals surface area (Å²) in [6, 6.07) is 0. The molecule has 0 amide bonds. The fourth-order valence-corrected chi connectivity index (χ4v) is 2.57. The van der Waals surface area contributed by atoms with Crippen LogP contribution in [0, 0.1) is 5.41 Å². The van der Waals surface area contributed by atoms with Crippen molar-refractivity contribution in [2.45, 2.75) is 51.5 Å². The summed E-state index contributed by atoms with van der Waals surface area (Å²) < 4.78 is 1.85.